The van der Waals surface area contributed by atoms with Crippen molar-refractivity contribution in [3.63, 3.8) is 0 Å². The molecule has 1 atom stereocenters. The Hall–Kier alpha value is -1.59. The van der Waals surface area contributed by atoms with E-state index in [0.29, 0.717) is 12.3 Å². The van der Waals surface area contributed by atoms with Gasteiger partial charge in [0.25, 0.3) is 0 Å². The van der Waals surface area contributed by atoms with E-state index in [2.05, 4.69) is 5.32 Å². The second kappa shape index (κ2) is 7.65. The molecule has 0 aliphatic carbocycles. The van der Waals surface area contributed by atoms with Crippen LogP contribution in [-0.2, 0) is 14.4 Å². The lowest BCUT2D eigenvalue weighted by atomic mass is 10.1. The van der Waals surface area contributed by atoms with Crippen LogP contribution in [0.15, 0.2) is 0 Å². The van der Waals surface area contributed by atoms with Crippen LogP contribution < -0.4 is 11.1 Å². The van der Waals surface area contributed by atoms with Gasteiger partial charge in [0.2, 0.25) is 11.8 Å². The molecule has 0 saturated carbocycles. The average molecular weight is 244 g/mol. The van der Waals surface area contributed by atoms with Gasteiger partial charge in [0.05, 0.1) is 0 Å². The molecule has 0 heterocycles. The minimum Gasteiger partial charge on any atom is -0.480 e. The Balaban J connectivity index is 4.11. The van der Waals surface area contributed by atoms with E-state index in [4.69, 9.17) is 10.8 Å². The second-order valence-electron chi connectivity index (χ2n) is 4.40. The maximum Gasteiger partial charge on any atom is 0.326 e. The summed E-state index contributed by atoms with van der Waals surface area (Å²) in [5.41, 5.74) is 4.93. The standard InChI is InChI=1S/C11H20N2O4/c1-7(2)3-6-10(15)13-8(11(16)17)4-5-9(12)14/h7-8H,3-6H2,1-2H3,(H2,12,14)(H,13,15)(H,16,17)/t8-/m1/s1. The molecule has 0 radical (unpaired) electrons. The Morgan fingerprint density at radius 2 is 1.76 bits per heavy atom. The molecule has 0 fully saturated rings. The Morgan fingerprint density at radius 1 is 1.18 bits per heavy atom. The van der Waals surface area contributed by atoms with Crippen LogP contribution in [0, 0.1) is 5.92 Å². The molecule has 0 aliphatic rings. The number of hydrogen-bond donors (Lipinski definition) is 3. The summed E-state index contributed by atoms with van der Waals surface area (Å²) < 4.78 is 0. The molecule has 0 bridgehead atoms. The van der Waals surface area contributed by atoms with E-state index in [-0.39, 0.29) is 25.2 Å². The van der Waals surface area contributed by atoms with Crippen molar-refractivity contribution in [1.29, 1.82) is 0 Å². The van der Waals surface area contributed by atoms with Crippen LogP contribution in [-0.4, -0.2) is 28.9 Å². The maximum atomic E-state index is 11.4. The molecule has 0 unspecified atom stereocenters. The summed E-state index contributed by atoms with van der Waals surface area (Å²) in [4.78, 5) is 32.8. The highest BCUT2D eigenvalue weighted by Gasteiger charge is 2.20. The minimum atomic E-state index is -1.15. The lowest BCUT2D eigenvalue weighted by Gasteiger charge is -2.14. The normalized spacial score (nSPS) is 12.2. The van der Waals surface area contributed by atoms with Crippen LogP contribution in [0.25, 0.3) is 0 Å². The van der Waals surface area contributed by atoms with Gasteiger partial charge in [-0.15, -0.1) is 0 Å². The summed E-state index contributed by atoms with van der Waals surface area (Å²) >= 11 is 0. The van der Waals surface area contributed by atoms with Crippen LogP contribution in [0.4, 0.5) is 0 Å². The van der Waals surface area contributed by atoms with Gasteiger partial charge in [-0.3, -0.25) is 9.59 Å². The van der Waals surface area contributed by atoms with Crippen molar-refractivity contribution in [2.45, 2.75) is 45.6 Å². The maximum absolute atomic E-state index is 11.4. The second-order valence-corrected chi connectivity index (χ2v) is 4.40. The van der Waals surface area contributed by atoms with Gasteiger partial charge >= 0.3 is 5.97 Å². The minimum absolute atomic E-state index is 0.0259. The number of nitrogens with one attached hydrogen (secondary N) is 1. The van der Waals surface area contributed by atoms with E-state index >= 15 is 0 Å². The number of primary amides is 1. The topological polar surface area (TPSA) is 109 Å². The molecule has 0 spiro atoms. The van der Waals surface area contributed by atoms with E-state index in [1.54, 1.807) is 0 Å². The van der Waals surface area contributed by atoms with Crippen molar-refractivity contribution < 1.29 is 19.5 Å². The molecule has 0 rings (SSSR count). The molecule has 17 heavy (non-hydrogen) atoms. The molecular formula is C11H20N2O4. The van der Waals surface area contributed by atoms with Gasteiger partial charge < -0.3 is 16.2 Å². The molecule has 4 N–H and O–H groups in total. The molecule has 6 heteroatoms. The van der Waals surface area contributed by atoms with Gasteiger partial charge in [0, 0.05) is 12.8 Å². The third-order valence-corrected chi connectivity index (χ3v) is 2.26. The Kier molecular flexibility index (Phi) is 6.93. The number of rotatable bonds is 8. The highest BCUT2D eigenvalue weighted by molar-refractivity contribution is 5.84. The zero-order valence-electron chi connectivity index (χ0n) is 10.2. The van der Waals surface area contributed by atoms with E-state index < -0.39 is 17.9 Å². The first-order valence-electron chi connectivity index (χ1n) is 5.63. The van der Waals surface area contributed by atoms with E-state index in [0.717, 1.165) is 0 Å². The van der Waals surface area contributed by atoms with E-state index in [9.17, 15) is 14.4 Å². The van der Waals surface area contributed by atoms with Gasteiger partial charge in [-0.25, -0.2) is 4.79 Å². The summed E-state index contributed by atoms with van der Waals surface area (Å²) in [5.74, 6) is -1.65. The molecule has 0 aromatic heterocycles. The SMILES string of the molecule is CC(C)CCC(=O)N[C@H](CCC(N)=O)C(=O)O. The van der Waals surface area contributed by atoms with Crippen LogP contribution in [0.2, 0.25) is 0 Å². The summed E-state index contributed by atoms with van der Waals surface area (Å²) in [6.07, 6.45) is 0.964. The Bertz CT molecular complexity index is 289. The molecule has 0 aromatic carbocycles. The zero-order chi connectivity index (χ0) is 13.4. The molecule has 0 saturated heterocycles. The Labute approximate surface area is 101 Å². The van der Waals surface area contributed by atoms with Crippen LogP contribution >= 0.6 is 0 Å². The first-order valence-corrected chi connectivity index (χ1v) is 5.63. The largest absolute Gasteiger partial charge is 0.480 e. The van der Waals surface area contributed by atoms with Crippen LogP contribution in [0.1, 0.15) is 39.5 Å². The average Bonchev–Trinajstić information content (AvgIpc) is 2.20. The fourth-order valence-electron chi connectivity index (χ4n) is 1.23. The summed E-state index contributed by atoms with van der Waals surface area (Å²) in [6.45, 7) is 3.96. The molecule has 0 aromatic rings. The van der Waals surface area contributed by atoms with Gasteiger partial charge in [-0.2, -0.15) is 0 Å². The number of carbonyl (C=O) groups is 3. The number of nitrogens with two attached hydrogens (primary N) is 1. The molecule has 2 amide bonds. The highest BCUT2D eigenvalue weighted by atomic mass is 16.4. The Morgan fingerprint density at radius 3 is 2.18 bits per heavy atom. The number of amides is 2. The van der Waals surface area contributed by atoms with Crippen molar-refractivity contribution >= 4 is 17.8 Å². The predicted octanol–water partition coefficient (Wildman–Crippen LogP) is 0.258. The number of aliphatic carboxylic acids is 1. The van der Waals surface area contributed by atoms with Gasteiger partial charge in [-0.05, 0) is 18.8 Å². The van der Waals surface area contributed by atoms with Crippen molar-refractivity contribution in [2.75, 3.05) is 0 Å². The van der Waals surface area contributed by atoms with Crippen LogP contribution in [0.5, 0.6) is 0 Å². The van der Waals surface area contributed by atoms with Gasteiger partial charge in [-0.1, -0.05) is 13.8 Å². The quantitative estimate of drug-likeness (QED) is 0.568. The highest BCUT2D eigenvalue weighted by Crippen LogP contribution is 2.04. The van der Waals surface area contributed by atoms with Crippen molar-refractivity contribution in [3.05, 3.63) is 0 Å². The van der Waals surface area contributed by atoms with Crippen LogP contribution in [0.3, 0.4) is 0 Å². The van der Waals surface area contributed by atoms with Gasteiger partial charge in [0.1, 0.15) is 6.04 Å². The monoisotopic (exact) mass is 244 g/mol. The lowest BCUT2D eigenvalue weighted by Crippen LogP contribution is -2.41. The van der Waals surface area contributed by atoms with Gasteiger partial charge in [0.15, 0.2) is 0 Å². The number of carbonyl (C=O) groups excluding carboxylic acids is 2. The number of hydrogen-bond acceptors (Lipinski definition) is 3. The van der Waals surface area contributed by atoms with E-state index in [1.165, 1.54) is 0 Å². The third-order valence-electron chi connectivity index (χ3n) is 2.26. The van der Waals surface area contributed by atoms with Crippen molar-refractivity contribution in [1.82, 2.24) is 5.32 Å². The predicted molar refractivity (Wildman–Crippen MR) is 62.1 cm³/mol. The molecular weight excluding hydrogens is 224 g/mol. The molecule has 0 aliphatic heterocycles. The number of carboxylic acids is 1. The molecule has 6 nitrogen and oxygen atoms in total. The first-order chi connectivity index (χ1) is 7.82. The summed E-state index contributed by atoms with van der Waals surface area (Å²) in [5, 5.41) is 11.2. The fourth-order valence-corrected chi connectivity index (χ4v) is 1.23. The zero-order valence-corrected chi connectivity index (χ0v) is 10.2. The lowest BCUT2D eigenvalue weighted by molar-refractivity contribution is -0.142. The fraction of sp³-hybridized carbons (Fsp3) is 0.727. The van der Waals surface area contributed by atoms with Crippen molar-refractivity contribution in [3.8, 4) is 0 Å². The summed E-state index contributed by atoms with van der Waals surface area (Å²) in [6, 6.07) is -1.04. The van der Waals surface area contributed by atoms with Crippen molar-refractivity contribution in [2.24, 2.45) is 11.7 Å². The third kappa shape index (κ3) is 8.24. The first kappa shape index (κ1) is 15.4. The van der Waals surface area contributed by atoms with E-state index in [1.807, 2.05) is 13.8 Å². The number of carboxylic acid groups (broad SMARTS) is 1. The smallest absolute Gasteiger partial charge is 0.326 e. The summed E-state index contributed by atoms with van der Waals surface area (Å²) in [7, 11) is 0. The molecule has 98 valence electrons.